The van der Waals surface area contributed by atoms with E-state index < -0.39 is 0 Å². The van der Waals surface area contributed by atoms with Crippen molar-refractivity contribution in [1.29, 1.82) is 5.26 Å². The van der Waals surface area contributed by atoms with E-state index >= 15 is 0 Å². The summed E-state index contributed by atoms with van der Waals surface area (Å²) in [4.78, 5) is 4.88. The summed E-state index contributed by atoms with van der Waals surface area (Å²) < 4.78 is 5.43. The molecule has 0 aromatic heterocycles. The molecule has 1 aromatic carbocycles. The molecule has 0 atom stereocenters. The number of piperazine rings is 1. The number of hydrogen-bond donors (Lipinski definition) is 0. The molecule has 0 amide bonds. The van der Waals surface area contributed by atoms with E-state index in [1.165, 1.54) is 5.69 Å². The second kappa shape index (κ2) is 7.76. The number of nitriles is 1. The summed E-state index contributed by atoms with van der Waals surface area (Å²) in [7, 11) is 1.73. The molecule has 1 aliphatic rings. The first-order valence-electron chi connectivity index (χ1n) is 7.32. The molecular formula is C16H23N3O. The predicted octanol–water partition coefficient (Wildman–Crippen LogP) is 2.51. The van der Waals surface area contributed by atoms with Crippen molar-refractivity contribution >= 4 is 5.69 Å². The molecule has 1 aliphatic heterocycles. The molecule has 0 bridgehead atoms. The lowest BCUT2D eigenvalue weighted by Crippen LogP contribution is -2.46. The molecule has 1 aromatic rings. The Bertz CT molecular complexity index is 447. The SMILES string of the molecule is COc1ccccc1N1CCN(CCCCC#N)CC1. The molecule has 1 saturated heterocycles. The second-order valence-electron chi connectivity index (χ2n) is 5.12. The molecule has 1 fully saturated rings. The average Bonchev–Trinajstić information content (AvgIpc) is 2.52. The minimum atomic E-state index is 0.682. The predicted molar refractivity (Wildman–Crippen MR) is 81.1 cm³/mol. The average molecular weight is 273 g/mol. The molecule has 108 valence electrons. The van der Waals surface area contributed by atoms with Crippen LogP contribution < -0.4 is 9.64 Å². The first-order chi connectivity index (χ1) is 9.85. The normalized spacial score (nSPS) is 15.9. The van der Waals surface area contributed by atoms with Gasteiger partial charge < -0.3 is 9.64 Å². The van der Waals surface area contributed by atoms with Crippen molar-refractivity contribution in [2.24, 2.45) is 0 Å². The fraction of sp³-hybridized carbons (Fsp3) is 0.562. The fourth-order valence-corrected chi connectivity index (χ4v) is 2.64. The van der Waals surface area contributed by atoms with E-state index in [1.807, 2.05) is 12.1 Å². The molecule has 4 nitrogen and oxygen atoms in total. The largest absolute Gasteiger partial charge is 0.495 e. The Balaban J connectivity index is 1.81. The number of hydrogen-bond acceptors (Lipinski definition) is 4. The Morgan fingerprint density at radius 1 is 1.15 bits per heavy atom. The Hall–Kier alpha value is -1.73. The lowest BCUT2D eigenvalue weighted by Gasteiger charge is -2.36. The van der Waals surface area contributed by atoms with Crippen LogP contribution in [0.15, 0.2) is 24.3 Å². The minimum absolute atomic E-state index is 0.682. The van der Waals surface area contributed by atoms with E-state index in [-0.39, 0.29) is 0 Å². The molecule has 0 spiro atoms. The second-order valence-corrected chi connectivity index (χ2v) is 5.12. The Morgan fingerprint density at radius 3 is 2.60 bits per heavy atom. The monoisotopic (exact) mass is 273 g/mol. The number of anilines is 1. The van der Waals surface area contributed by atoms with Crippen LogP contribution in [0.2, 0.25) is 0 Å². The molecule has 0 N–H and O–H groups in total. The summed E-state index contributed by atoms with van der Waals surface area (Å²) in [5.74, 6) is 0.954. The topological polar surface area (TPSA) is 39.5 Å². The Labute approximate surface area is 121 Å². The maximum absolute atomic E-state index is 8.53. The van der Waals surface area contributed by atoms with Gasteiger partial charge in [-0.2, -0.15) is 5.26 Å². The zero-order valence-corrected chi connectivity index (χ0v) is 12.2. The quantitative estimate of drug-likeness (QED) is 0.747. The highest BCUT2D eigenvalue weighted by molar-refractivity contribution is 5.58. The summed E-state index contributed by atoms with van der Waals surface area (Å²) in [6.07, 6.45) is 2.83. The van der Waals surface area contributed by atoms with Crippen molar-refractivity contribution in [2.45, 2.75) is 19.3 Å². The van der Waals surface area contributed by atoms with Gasteiger partial charge >= 0.3 is 0 Å². The summed E-state index contributed by atoms with van der Waals surface area (Å²) in [6, 6.07) is 10.4. The third-order valence-electron chi connectivity index (χ3n) is 3.81. The zero-order valence-electron chi connectivity index (χ0n) is 12.2. The Morgan fingerprint density at radius 2 is 1.90 bits per heavy atom. The molecular weight excluding hydrogens is 250 g/mol. The van der Waals surface area contributed by atoms with E-state index in [9.17, 15) is 0 Å². The minimum Gasteiger partial charge on any atom is -0.495 e. The maximum Gasteiger partial charge on any atom is 0.142 e. The van der Waals surface area contributed by atoms with Gasteiger partial charge in [0.15, 0.2) is 0 Å². The van der Waals surface area contributed by atoms with Crippen molar-refractivity contribution in [3.63, 3.8) is 0 Å². The van der Waals surface area contributed by atoms with Crippen LogP contribution in [0.3, 0.4) is 0 Å². The van der Waals surface area contributed by atoms with Crippen LogP contribution in [0.4, 0.5) is 5.69 Å². The molecule has 0 radical (unpaired) electrons. The first kappa shape index (κ1) is 14.7. The standard InChI is InChI=1S/C16H23N3O/c1-20-16-8-4-3-7-15(16)19-13-11-18(12-14-19)10-6-2-5-9-17/h3-4,7-8H,2,5-6,10-14H2,1H3. The molecule has 0 saturated carbocycles. The number of nitrogens with zero attached hydrogens (tertiary/aromatic N) is 3. The smallest absolute Gasteiger partial charge is 0.142 e. The van der Waals surface area contributed by atoms with Crippen molar-refractivity contribution in [3.8, 4) is 11.8 Å². The number of rotatable bonds is 6. The molecule has 0 aliphatic carbocycles. The van der Waals surface area contributed by atoms with Gasteiger partial charge in [-0.15, -0.1) is 0 Å². The summed E-state index contributed by atoms with van der Waals surface area (Å²) in [5, 5.41) is 8.53. The van der Waals surface area contributed by atoms with Crippen molar-refractivity contribution in [3.05, 3.63) is 24.3 Å². The van der Waals surface area contributed by atoms with Crippen molar-refractivity contribution in [2.75, 3.05) is 44.7 Å². The fourth-order valence-electron chi connectivity index (χ4n) is 2.64. The molecule has 0 unspecified atom stereocenters. The number of ether oxygens (including phenoxy) is 1. The lowest BCUT2D eigenvalue weighted by atomic mass is 10.2. The van der Waals surface area contributed by atoms with Crippen LogP contribution in [0.5, 0.6) is 5.75 Å². The van der Waals surface area contributed by atoms with Gasteiger partial charge in [-0.3, -0.25) is 4.90 Å². The molecule has 1 heterocycles. The van der Waals surface area contributed by atoms with Gasteiger partial charge in [0.2, 0.25) is 0 Å². The lowest BCUT2D eigenvalue weighted by molar-refractivity contribution is 0.252. The number of para-hydroxylation sites is 2. The Kier molecular flexibility index (Phi) is 5.69. The van der Waals surface area contributed by atoms with Gasteiger partial charge in [-0.25, -0.2) is 0 Å². The van der Waals surface area contributed by atoms with E-state index in [0.29, 0.717) is 6.42 Å². The van der Waals surface area contributed by atoms with Crippen LogP contribution in [-0.2, 0) is 0 Å². The number of methoxy groups -OCH3 is 1. The van der Waals surface area contributed by atoms with Gasteiger partial charge in [0.05, 0.1) is 18.9 Å². The maximum atomic E-state index is 8.53. The van der Waals surface area contributed by atoms with Crippen molar-refractivity contribution < 1.29 is 4.74 Å². The highest BCUT2D eigenvalue weighted by atomic mass is 16.5. The van der Waals surface area contributed by atoms with Crippen molar-refractivity contribution in [1.82, 2.24) is 4.90 Å². The zero-order chi connectivity index (χ0) is 14.2. The van der Waals surface area contributed by atoms with Crippen LogP contribution in [0.1, 0.15) is 19.3 Å². The third-order valence-corrected chi connectivity index (χ3v) is 3.81. The summed E-state index contributed by atoms with van der Waals surface area (Å²) >= 11 is 0. The third kappa shape index (κ3) is 3.88. The van der Waals surface area contributed by atoms with E-state index in [0.717, 1.165) is 51.3 Å². The van der Waals surface area contributed by atoms with E-state index in [2.05, 4.69) is 28.0 Å². The molecule has 2 rings (SSSR count). The summed E-state index contributed by atoms with van der Waals surface area (Å²) in [6.45, 7) is 5.37. The van der Waals surface area contributed by atoms with Crippen LogP contribution in [-0.4, -0.2) is 44.7 Å². The van der Waals surface area contributed by atoms with Gasteiger partial charge in [-0.05, 0) is 31.5 Å². The highest BCUT2D eigenvalue weighted by Gasteiger charge is 2.18. The van der Waals surface area contributed by atoms with E-state index in [1.54, 1.807) is 7.11 Å². The van der Waals surface area contributed by atoms with E-state index in [4.69, 9.17) is 10.00 Å². The first-order valence-corrected chi connectivity index (χ1v) is 7.32. The van der Waals surface area contributed by atoms with Gasteiger partial charge in [0.25, 0.3) is 0 Å². The summed E-state index contributed by atoms with van der Waals surface area (Å²) in [5.41, 5.74) is 1.19. The van der Waals surface area contributed by atoms with Crippen LogP contribution in [0.25, 0.3) is 0 Å². The van der Waals surface area contributed by atoms with Gasteiger partial charge in [0, 0.05) is 32.6 Å². The number of unbranched alkanes of at least 4 members (excludes halogenated alkanes) is 2. The van der Waals surface area contributed by atoms with Gasteiger partial charge in [0.1, 0.15) is 5.75 Å². The van der Waals surface area contributed by atoms with Crippen LogP contribution >= 0.6 is 0 Å². The molecule has 20 heavy (non-hydrogen) atoms. The molecule has 4 heteroatoms. The number of benzene rings is 1. The van der Waals surface area contributed by atoms with Crippen LogP contribution in [0, 0.1) is 11.3 Å². The van der Waals surface area contributed by atoms with Gasteiger partial charge in [-0.1, -0.05) is 12.1 Å². The highest BCUT2D eigenvalue weighted by Crippen LogP contribution is 2.28.